The number of nitrogens with two attached hydrogens (primary N) is 1. The Labute approximate surface area is 128 Å². The molecule has 2 rings (SSSR count). The number of carbonyl (C=O) groups is 1. The number of anilines is 1. The first-order valence-corrected chi connectivity index (χ1v) is 6.70. The summed E-state index contributed by atoms with van der Waals surface area (Å²) < 4.78 is 0. The smallest absolute Gasteiger partial charge is 0.258 e. The Hall–Kier alpha value is -2.35. The topological polar surface area (TPSA) is 68.0 Å². The molecular formula is C16H14ClN3O. The first-order valence-electron chi connectivity index (χ1n) is 6.32. The lowest BCUT2D eigenvalue weighted by Crippen LogP contribution is -2.14. The van der Waals surface area contributed by atoms with Gasteiger partial charge in [0.15, 0.2) is 0 Å². The molecule has 0 aliphatic rings. The van der Waals surface area contributed by atoms with Crippen molar-refractivity contribution in [2.75, 3.05) is 11.9 Å². The minimum Gasteiger partial charge on any atom is -0.320 e. The average Bonchev–Trinajstić information content (AvgIpc) is 2.48. The summed E-state index contributed by atoms with van der Waals surface area (Å²) in [4.78, 5) is 16.4. The normalized spacial score (nSPS) is 9.67. The molecule has 21 heavy (non-hydrogen) atoms. The van der Waals surface area contributed by atoms with Crippen LogP contribution in [0.25, 0.3) is 0 Å². The van der Waals surface area contributed by atoms with Crippen molar-refractivity contribution >= 4 is 23.3 Å². The zero-order chi connectivity index (χ0) is 15.2. The summed E-state index contributed by atoms with van der Waals surface area (Å²) in [6.45, 7) is 2.16. The van der Waals surface area contributed by atoms with E-state index in [-0.39, 0.29) is 12.5 Å². The first-order chi connectivity index (χ1) is 10.1. The molecule has 0 unspecified atom stereocenters. The van der Waals surface area contributed by atoms with E-state index < -0.39 is 0 Å². The number of rotatable bonds is 2. The maximum absolute atomic E-state index is 12.4. The molecular weight excluding hydrogens is 286 g/mol. The third kappa shape index (κ3) is 4.06. The lowest BCUT2D eigenvalue weighted by Gasteiger charge is -2.07. The monoisotopic (exact) mass is 299 g/mol. The summed E-state index contributed by atoms with van der Waals surface area (Å²) in [5.74, 6) is 5.82. The second kappa shape index (κ2) is 6.89. The molecule has 1 amide bonds. The van der Waals surface area contributed by atoms with Crippen LogP contribution in [0.4, 0.5) is 5.82 Å². The van der Waals surface area contributed by atoms with Crippen molar-refractivity contribution < 1.29 is 4.79 Å². The maximum atomic E-state index is 12.4. The number of carbonyl (C=O) groups excluding carboxylic acids is 1. The van der Waals surface area contributed by atoms with Gasteiger partial charge in [0.2, 0.25) is 0 Å². The average molecular weight is 300 g/mol. The van der Waals surface area contributed by atoms with Crippen LogP contribution in [-0.2, 0) is 0 Å². The molecule has 0 fully saturated rings. The summed E-state index contributed by atoms with van der Waals surface area (Å²) in [6, 6.07) is 8.79. The summed E-state index contributed by atoms with van der Waals surface area (Å²) in [7, 11) is 0. The molecule has 0 aliphatic carbocycles. The Morgan fingerprint density at radius 1 is 1.38 bits per heavy atom. The fraction of sp³-hybridized carbons (Fsp3) is 0.125. The highest BCUT2D eigenvalue weighted by molar-refractivity contribution is 6.30. The van der Waals surface area contributed by atoms with Crippen LogP contribution in [0, 0.1) is 18.8 Å². The van der Waals surface area contributed by atoms with Gasteiger partial charge in [-0.15, -0.1) is 0 Å². The highest BCUT2D eigenvalue weighted by atomic mass is 35.5. The van der Waals surface area contributed by atoms with E-state index in [1.54, 1.807) is 18.2 Å². The molecule has 0 radical (unpaired) electrons. The summed E-state index contributed by atoms with van der Waals surface area (Å²) in [5, 5.41) is 3.23. The summed E-state index contributed by atoms with van der Waals surface area (Å²) in [6.07, 6.45) is 1.47. The van der Waals surface area contributed by atoms with Crippen molar-refractivity contribution in [3.8, 4) is 11.8 Å². The quantitative estimate of drug-likeness (QED) is 0.838. The third-order valence-corrected chi connectivity index (χ3v) is 2.94. The molecule has 0 saturated carbocycles. The zero-order valence-corrected chi connectivity index (χ0v) is 12.2. The van der Waals surface area contributed by atoms with Crippen molar-refractivity contribution in [2.24, 2.45) is 5.73 Å². The number of hydrogen-bond acceptors (Lipinski definition) is 3. The van der Waals surface area contributed by atoms with E-state index in [4.69, 9.17) is 17.3 Å². The Bertz CT molecular complexity index is 715. The number of aryl methyl sites for hydroxylation is 1. The highest BCUT2D eigenvalue weighted by Crippen LogP contribution is 2.14. The first kappa shape index (κ1) is 15.0. The second-order valence-electron chi connectivity index (χ2n) is 4.37. The third-order valence-electron chi connectivity index (χ3n) is 2.71. The molecule has 1 aromatic carbocycles. The van der Waals surface area contributed by atoms with Gasteiger partial charge in [-0.25, -0.2) is 4.98 Å². The Morgan fingerprint density at radius 2 is 2.19 bits per heavy atom. The Balaban J connectivity index is 2.29. The standard InChI is InChI=1S/C16H14ClN3O/c1-11-4-5-12(3-2-8-18)14(9-11)16(21)20-15-7-6-13(17)10-19-15/h4-7,9-10H,8,18H2,1H3,(H,19,20,21). The molecule has 3 N–H and O–H groups in total. The number of pyridine rings is 1. The Kier molecular flexibility index (Phi) is 4.94. The van der Waals surface area contributed by atoms with Gasteiger partial charge in [-0.2, -0.15) is 0 Å². The highest BCUT2D eigenvalue weighted by Gasteiger charge is 2.11. The largest absolute Gasteiger partial charge is 0.320 e. The van der Waals surface area contributed by atoms with Gasteiger partial charge in [-0.3, -0.25) is 4.79 Å². The van der Waals surface area contributed by atoms with Crippen molar-refractivity contribution in [2.45, 2.75) is 6.92 Å². The molecule has 0 aliphatic heterocycles. The molecule has 0 saturated heterocycles. The lowest BCUT2D eigenvalue weighted by atomic mass is 10.0. The van der Waals surface area contributed by atoms with Gasteiger partial charge < -0.3 is 11.1 Å². The fourth-order valence-corrected chi connectivity index (χ4v) is 1.85. The lowest BCUT2D eigenvalue weighted by molar-refractivity contribution is 0.102. The molecule has 0 spiro atoms. The predicted molar refractivity (Wildman–Crippen MR) is 84.3 cm³/mol. The zero-order valence-electron chi connectivity index (χ0n) is 11.5. The van der Waals surface area contributed by atoms with E-state index in [2.05, 4.69) is 22.1 Å². The van der Waals surface area contributed by atoms with Gasteiger partial charge in [0, 0.05) is 11.8 Å². The van der Waals surface area contributed by atoms with Crippen LogP contribution in [0.3, 0.4) is 0 Å². The van der Waals surface area contributed by atoms with Crippen LogP contribution in [-0.4, -0.2) is 17.4 Å². The van der Waals surface area contributed by atoms with Crippen LogP contribution < -0.4 is 11.1 Å². The predicted octanol–water partition coefficient (Wildman–Crippen LogP) is 2.61. The number of nitrogens with zero attached hydrogens (tertiary/aromatic N) is 1. The minimum atomic E-state index is -0.269. The number of nitrogens with one attached hydrogen (secondary N) is 1. The fourth-order valence-electron chi connectivity index (χ4n) is 1.73. The summed E-state index contributed by atoms with van der Waals surface area (Å²) >= 11 is 5.76. The van der Waals surface area contributed by atoms with Crippen LogP contribution in [0.15, 0.2) is 36.5 Å². The van der Waals surface area contributed by atoms with E-state index >= 15 is 0 Å². The molecule has 1 aromatic heterocycles. The number of benzene rings is 1. The van der Waals surface area contributed by atoms with Crippen LogP contribution in [0.2, 0.25) is 5.02 Å². The van der Waals surface area contributed by atoms with Gasteiger partial charge >= 0.3 is 0 Å². The van der Waals surface area contributed by atoms with Crippen LogP contribution in [0.1, 0.15) is 21.5 Å². The molecule has 4 nitrogen and oxygen atoms in total. The van der Waals surface area contributed by atoms with Crippen molar-refractivity contribution in [3.63, 3.8) is 0 Å². The number of halogens is 1. The van der Waals surface area contributed by atoms with Gasteiger partial charge in [-0.05, 0) is 31.2 Å². The molecule has 106 valence electrons. The van der Waals surface area contributed by atoms with E-state index in [0.717, 1.165) is 5.56 Å². The summed E-state index contributed by atoms with van der Waals surface area (Å²) in [5.41, 5.74) is 7.48. The van der Waals surface area contributed by atoms with E-state index in [1.807, 2.05) is 19.1 Å². The van der Waals surface area contributed by atoms with Gasteiger partial charge in [0.25, 0.3) is 5.91 Å². The van der Waals surface area contributed by atoms with Gasteiger partial charge in [0.05, 0.1) is 17.1 Å². The SMILES string of the molecule is Cc1ccc(C#CCN)c(C(=O)Nc2ccc(Cl)cn2)c1. The second-order valence-corrected chi connectivity index (χ2v) is 4.81. The van der Waals surface area contributed by atoms with Crippen LogP contribution in [0.5, 0.6) is 0 Å². The molecule has 5 heteroatoms. The number of aromatic nitrogens is 1. The molecule has 2 aromatic rings. The van der Waals surface area contributed by atoms with E-state index in [9.17, 15) is 4.79 Å². The Morgan fingerprint density at radius 3 is 2.86 bits per heavy atom. The number of hydrogen-bond donors (Lipinski definition) is 2. The van der Waals surface area contributed by atoms with Gasteiger partial charge in [-0.1, -0.05) is 35.1 Å². The van der Waals surface area contributed by atoms with Gasteiger partial charge in [0.1, 0.15) is 5.82 Å². The van der Waals surface area contributed by atoms with Crippen molar-refractivity contribution in [1.29, 1.82) is 0 Å². The maximum Gasteiger partial charge on any atom is 0.258 e. The minimum absolute atomic E-state index is 0.244. The van der Waals surface area contributed by atoms with Crippen LogP contribution >= 0.6 is 11.6 Å². The molecule has 0 atom stereocenters. The molecule has 1 heterocycles. The van der Waals surface area contributed by atoms with E-state index in [1.165, 1.54) is 6.20 Å². The van der Waals surface area contributed by atoms with Crippen molar-refractivity contribution in [1.82, 2.24) is 4.98 Å². The molecule has 0 bridgehead atoms. The van der Waals surface area contributed by atoms with E-state index in [0.29, 0.717) is 22.0 Å². The number of amides is 1. The van der Waals surface area contributed by atoms with Crippen molar-refractivity contribution in [3.05, 3.63) is 58.2 Å².